The van der Waals surface area contributed by atoms with E-state index in [1.165, 1.54) is 23.9 Å². The topological polar surface area (TPSA) is 37.3 Å². The number of benzene rings is 1. The predicted molar refractivity (Wildman–Crippen MR) is 67.2 cm³/mol. The molecule has 0 amide bonds. The van der Waals surface area contributed by atoms with Crippen molar-refractivity contribution < 1.29 is 18.7 Å². The molecular formula is C12H8F2O2S2. The molecule has 18 heavy (non-hydrogen) atoms. The van der Waals surface area contributed by atoms with E-state index in [-0.39, 0.29) is 4.88 Å². The summed E-state index contributed by atoms with van der Waals surface area (Å²) in [5.41, 5.74) is 0.393. The fraction of sp³-hybridized carbons (Fsp3) is 0.0833. The highest BCUT2D eigenvalue weighted by Gasteiger charge is 2.09. The summed E-state index contributed by atoms with van der Waals surface area (Å²) in [6.45, 7) is 0. The number of carboxylic acid groups (broad SMARTS) is 1. The summed E-state index contributed by atoms with van der Waals surface area (Å²) in [6, 6.07) is 4.97. The van der Waals surface area contributed by atoms with Crippen LogP contribution in [-0.4, -0.2) is 11.1 Å². The van der Waals surface area contributed by atoms with Crippen molar-refractivity contribution in [1.82, 2.24) is 0 Å². The van der Waals surface area contributed by atoms with Crippen molar-refractivity contribution in [3.05, 3.63) is 51.7 Å². The van der Waals surface area contributed by atoms with Crippen LogP contribution in [-0.2, 0) is 5.75 Å². The molecule has 0 bridgehead atoms. The number of hydrogen-bond acceptors (Lipinski definition) is 3. The zero-order chi connectivity index (χ0) is 13.1. The first-order valence-corrected chi connectivity index (χ1v) is 6.81. The first-order valence-electron chi connectivity index (χ1n) is 4.95. The fourth-order valence-electron chi connectivity index (χ4n) is 1.31. The molecule has 0 saturated heterocycles. The molecular weight excluding hydrogens is 278 g/mol. The SMILES string of the molecule is O=C(O)c1cc(SCc2ccc(F)cc2F)cs1. The third kappa shape index (κ3) is 3.08. The summed E-state index contributed by atoms with van der Waals surface area (Å²) in [4.78, 5) is 11.7. The Morgan fingerprint density at radius 1 is 1.33 bits per heavy atom. The molecule has 1 heterocycles. The molecule has 0 aliphatic rings. The van der Waals surface area contributed by atoms with E-state index in [1.54, 1.807) is 11.4 Å². The molecule has 0 aliphatic heterocycles. The van der Waals surface area contributed by atoms with Gasteiger partial charge in [0.2, 0.25) is 0 Å². The lowest BCUT2D eigenvalue weighted by Gasteiger charge is -2.01. The van der Waals surface area contributed by atoms with Crippen LogP contribution in [0.15, 0.2) is 34.5 Å². The van der Waals surface area contributed by atoms with Crippen molar-refractivity contribution in [2.24, 2.45) is 0 Å². The van der Waals surface area contributed by atoms with E-state index in [4.69, 9.17) is 5.11 Å². The van der Waals surface area contributed by atoms with E-state index < -0.39 is 17.6 Å². The summed E-state index contributed by atoms with van der Waals surface area (Å²) >= 11 is 2.44. The van der Waals surface area contributed by atoms with Crippen LogP contribution in [0.4, 0.5) is 8.78 Å². The molecule has 0 unspecified atom stereocenters. The van der Waals surface area contributed by atoms with Crippen LogP contribution in [0, 0.1) is 11.6 Å². The van der Waals surface area contributed by atoms with Gasteiger partial charge in [-0.2, -0.15) is 0 Å². The third-order valence-electron chi connectivity index (χ3n) is 2.20. The van der Waals surface area contributed by atoms with Gasteiger partial charge in [-0.1, -0.05) is 6.07 Å². The lowest BCUT2D eigenvalue weighted by molar-refractivity contribution is 0.0702. The first kappa shape index (κ1) is 13.0. The molecule has 0 atom stereocenters. The van der Waals surface area contributed by atoms with E-state index >= 15 is 0 Å². The quantitative estimate of drug-likeness (QED) is 0.863. The molecule has 0 spiro atoms. The van der Waals surface area contributed by atoms with Gasteiger partial charge in [0.05, 0.1) is 0 Å². The predicted octanol–water partition coefficient (Wildman–Crippen LogP) is 4.02. The maximum atomic E-state index is 13.3. The molecule has 0 aliphatic carbocycles. The van der Waals surface area contributed by atoms with Crippen LogP contribution >= 0.6 is 23.1 Å². The molecule has 0 saturated carbocycles. The summed E-state index contributed by atoms with van der Waals surface area (Å²) in [5.74, 6) is -1.83. The fourth-order valence-corrected chi connectivity index (χ4v) is 3.16. The smallest absolute Gasteiger partial charge is 0.345 e. The molecule has 6 heteroatoms. The molecule has 0 radical (unpaired) electrons. The van der Waals surface area contributed by atoms with E-state index in [9.17, 15) is 13.6 Å². The normalized spacial score (nSPS) is 10.6. The molecule has 1 N–H and O–H groups in total. The van der Waals surface area contributed by atoms with Gasteiger partial charge in [-0.25, -0.2) is 13.6 Å². The summed E-state index contributed by atoms with van der Waals surface area (Å²) in [6.07, 6.45) is 0. The van der Waals surface area contributed by atoms with Gasteiger partial charge >= 0.3 is 5.97 Å². The molecule has 94 valence electrons. The van der Waals surface area contributed by atoms with Crippen LogP contribution in [0.2, 0.25) is 0 Å². The maximum Gasteiger partial charge on any atom is 0.345 e. The highest BCUT2D eigenvalue weighted by Crippen LogP contribution is 2.28. The molecule has 2 aromatic rings. The highest BCUT2D eigenvalue weighted by atomic mass is 32.2. The van der Waals surface area contributed by atoms with Crippen LogP contribution in [0.5, 0.6) is 0 Å². The molecule has 2 rings (SSSR count). The highest BCUT2D eigenvalue weighted by molar-refractivity contribution is 7.98. The summed E-state index contributed by atoms with van der Waals surface area (Å²) in [7, 11) is 0. The van der Waals surface area contributed by atoms with Crippen LogP contribution in [0.3, 0.4) is 0 Å². The second-order valence-electron chi connectivity index (χ2n) is 3.48. The molecule has 0 fully saturated rings. The largest absolute Gasteiger partial charge is 0.477 e. The summed E-state index contributed by atoms with van der Waals surface area (Å²) < 4.78 is 26.0. The lowest BCUT2D eigenvalue weighted by Crippen LogP contribution is -1.90. The van der Waals surface area contributed by atoms with E-state index in [0.29, 0.717) is 11.3 Å². The Labute approximate surface area is 110 Å². The second kappa shape index (κ2) is 5.49. The minimum atomic E-state index is -0.972. The van der Waals surface area contributed by atoms with Gasteiger partial charge in [0, 0.05) is 22.1 Å². The Balaban J connectivity index is 2.04. The standard InChI is InChI=1S/C12H8F2O2S2/c13-8-2-1-7(10(14)3-8)5-17-9-4-11(12(15)16)18-6-9/h1-4,6H,5H2,(H,15,16). The van der Waals surface area contributed by atoms with Crippen molar-refractivity contribution in [2.45, 2.75) is 10.6 Å². The number of rotatable bonds is 4. The van der Waals surface area contributed by atoms with Gasteiger partial charge < -0.3 is 5.11 Å². The van der Waals surface area contributed by atoms with Crippen molar-refractivity contribution in [2.75, 3.05) is 0 Å². The number of halogens is 2. The number of thiophene rings is 1. The average molecular weight is 286 g/mol. The minimum absolute atomic E-state index is 0.247. The van der Waals surface area contributed by atoms with Crippen LogP contribution < -0.4 is 0 Å². The van der Waals surface area contributed by atoms with Crippen LogP contribution in [0.25, 0.3) is 0 Å². The molecule has 1 aromatic carbocycles. The monoisotopic (exact) mass is 286 g/mol. The third-order valence-corrected chi connectivity index (χ3v) is 4.29. The van der Waals surface area contributed by atoms with E-state index in [2.05, 4.69) is 0 Å². The van der Waals surface area contributed by atoms with E-state index in [1.807, 2.05) is 0 Å². The average Bonchev–Trinajstić information content (AvgIpc) is 2.76. The number of thioether (sulfide) groups is 1. The second-order valence-corrected chi connectivity index (χ2v) is 5.44. The van der Waals surface area contributed by atoms with Crippen molar-refractivity contribution in [3.63, 3.8) is 0 Å². The van der Waals surface area contributed by atoms with E-state index in [0.717, 1.165) is 22.3 Å². The van der Waals surface area contributed by atoms with Crippen LogP contribution in [0.1, 0.15) is 15.2 Å². The zero-order valence-corrected chi connectivity index (χ0v) is 10.7. The van der Waals surface area contributed by atoms with Crippen molar-refractivity contribution in [1.29, 1.82) is 0 Å². The Kier molecular flexibility index (Phi) is 3.98. The molecule has 2 nitrogen and oxygen atoms in total. The van der Waals surface area contributed by atoms with Gasteiger partial charge in [0.15, 0.2) is 0 Å². The Bertz CT molecular complexity index is 581. The van der Waals surface area contributed by atoms with Crippen molar-refractivity contribution in [3.8, 4) is 0 Å². The molecule has 1 aromatic heterocycles. The van der Waals surface area contributed by atoms with Gasteiger partial charge in [-0.05, 0) is 17.7 Å². The number of hydrogen-bond donors (Lipinski definition) is 1. The Morgan fingerprint density at radius 2 is 2.11 bits per heavy atom. The Morgan fingerprint density at radius 3 is 2.72 bits per heavy atom. The first-order chi connectivity index (χ1) is 8.56. The zero-order valence-electron chi connectivity index (χ0n) is 9.02. The van der Waals surface area contributed by atoms with Gasteiger partial charge in [0.25, 0.3) is 0 Å². The summed E-state index contributed by atoms with van der Waals surface area (Å²) in [5, 5.41) is 10.5. The van der Waals surface area contributed by atoms with Crippen molar-refractivity contribution >= 4 is 29.1 Å². The van der Waals surface area contributed by atoms with Gasteiger partial charge in [0.1, 0.15) is 16.5 Å². The Hall–Kier alpha value is -1.40. The maximum absolute atomic E-state index is 13.3. The minimum Gasteiger partial charge on any atom is -0.477 e. The van der Waals surface area contributed by atoms with Gasteiger partial charge in [-0.15, -0.1) is 23.1 Å². The number of carboxylic acids is 1. The lowest BCUT2D eigenvalue weighted by atomic mass is 10.2. The number of aromatic carboxylic acids is 1. The number of carbonyl (C=O) groups is 1. The van der Waals surface area contributed by atoms with Gasteiger partial charge in [-0.3, -0.25) is 0 Å².